The van der Waals surface area contributed by atoms with E-state index in [2.05, 4.69) is 13.0 Å². The summed E-state index contributed by atoms with van der Waals surface area (Å²) in [6.45, 7) is 2.55. The zero-order valence-corrected chi connectivity index (χ0v) is 18.1. The summed E-state index contributed by atoms with van der Waals surface area (Å²) in [5, 5.41) is 18.8. The van der Waals surface area contributed by atoms with Crippen LogP contribution in [-0.2, 0) is 16.1 Å². The number of unbranched alkanes of at least 4 members (excludes halogenated alkanes) is 1. The Labute approximate surface area is 184 Å². The molecule has 5 heteroatoms. The second-order valence-corrected chi connectivity index (χ2v) is 8.34. The fourth-order valence-electron chi connectivity index (χ4n) is 4.38. The molecule has 0 radical (unpaired) electrons. The van der Waals surface area contributed by atoms with E-state index in [-0.39, 0.29) is 17.9 Å². The van der Waals surface area contributed by atoms with Crippen molar-refractivity contribution < 1.29 is 14.7 Å². The number of amides is 1. The fraction of sp³-hybridized carbons (Fsp3) is 0.423. The first-order valence-electron chi connectivity index (χ1n) is 11.1. The van der Waals surface area contributed by atoms with Gasteiger partial charge in [0.05, 0.1) is 17.6 Å². The van der Waals surface area contributed by atoms with Gasteiger partial charge in [0, 0.05) is 19.0 Å². The minimum atomic E-state index is -0.758. The number of rotatable bonds is 8. The molecule has 0 heterocycles. The van der Waals surface area contributed by atoms with Crippen molar-refractivity contribution in [2.24, 2.45) is 5.92 Å². The van der Waals surface area contributed by atoms with E-state index in [1.807, 2.05) is 47.4 Å². The van der Waals surface area contributed by atoms with Gasteiger partial charge in [0.15, 0.2) is 0 Å². The number of nitrogens with zero attached hydrogens (tertiary/aromatic N) is 2. The zero-order valence-electron chi connectivity index (χ0n) is 18.1. The molecule has 1 aliphatic carbocycles. The predicted octanol–water partition coefficient (Wildman–Crippen LogP) is 5.39. The van der Waals surface area contributed by atoms with E-state index in [4.69, 9.17) is 0 Å². The lowest BCUT2D eigenvalue weighted by Gasteiger charge is -2.37. The minimum absolute atomic E-state index is 0.0294. The second-order valence-electron chi connectivity index (χ2n) is 8.34. The number of carboxylic acids is 1. The van der Waals surface area contributed by atoms with Crippen molar-refractivity contribution in [3.8, 4) is 17.2 Å². The van der Waals surface area contributed by atoms with Crippen molar-refractivity contribution >= 4 is 11.9 Å². The molecule has 1 aliphatic rings. The first kappa shape index (κ1) is 22.6. The van der Waals surface area contributed by atoms with Crippen molar-refractivity contribution in [3.63, 3.8) is 0 Å². The van der Waals surface area contributed by atoms with Crippen LogP contribution < -0.4 is 0 Å². The lowest BCUT2D eigenvalue weighted by molar-refractivity contribution is -0.146. The van der Waals surface area contributed by atoms with E-state index in [0.29, 0.717) is 31.4 Å². The maximum Gasteiger partial charge on any atom is 0.306 e. The third kappa shape index (κ3) is 5.73. The molecule has 3 rings (SSSR count). The van der Waals surface area contributed by atoms with Crippen LogP contribution in [0.1, 0.15) is 63.0 Å². The number of nitriles is 1. The first-order chi connectivity index (χ1) is 15.0. The maximum atomic E-state index is 13.0. The Bertz CT molecular complexity index is 946. The quantitative estimate of drug-likeness (QED) is 0.623. The monoisotopic (exact) mass is 418 g/mol. The average Bonchev–Trinajstić information content (AvgIpc) is 2.81. The van der Waals surface area contributed by atoms with Crippen molar-refractivity contribution in [2.75, 3.05) is 0 Å². The average molecular weight is 419 g/mol. The summed E-state index contributed by atoms with van der Waals surface area (Å²) in [6, 6.07) is 17.7. The van der Waals surface area contributed by atoms with Gasteiger partial charge >= 0.3 is 5.97 Å². The smallest absolute Gasteiger partial charge is 0.306 e. The third-order valence-corrected chi connectivity index (χ3v) is 6.17. The fourth-order valence-corrected chi connectivity index (χ4v) is 4.38. The molecular weight excluding hydrogens is 388 g/mol. The molecule has 31 heavy (non-hydrogen) atoms. The standard InChI is InChI=1S/C26H30N2O3/c1-2-3-11-25(29)28(23-9-6-8-21(16-23)26(30)31)18-19-12-14-20(15-13-19)24-10-5-4-7-22(24)17-27/h4-5,7,10,12-15,21,23H,2-3,6,8-9,11,16,18H2,1H3,(H,30,31)/t21-,23-/m1/s1. The molecule has 1 amide bonds. The highest BCUT2D eigenvalue weighted by atomic mass is 16.4. The van der Waals surface area contributed by atoms with Gasteiger partial charge in [-0.3, -0.25) is 9.59 Å². The molecule has 1 fully saturated rings. The van der Waals surface area contributed by atoms with Gasteiger partial charge in [0.2, 0.25) is 5.91 Å². The van der Waals surface area contributed by atoms with Gasteiger partial charge in [-0.05, 0) is 48.4 Å². The number of carbonyl (C=O) groups is 2. The van der Waals surface area contributed by atoms with Crippen molar-refractivity contribution in [2.45, 2.75) is 64.5 Å². The highest BCUT2D eigenvalue weighted by molar-refractivity contribution is 5.77. The first-order valence-corrected chi connectivity index (χ1v) is 11.1. The molecule has 0 bridgehead atoms. The normalized spacial score (nSPS) is 18.2. The molecule has 162 valence electrons. The van der Waals surface area contributed by atoms with Gasteiger partial charge in [-0.25, -0.2) is 0 Å². The maximum absolute atomic E-state index is 13.0. The van der Waals surface area contributed by atoms with Crippen LogP contribution in [0.5, 0.6) is 0 Å². The summed E-state index contributed by atoms with van der Waals surface area (Å²) in [6.07, 6.45) is 5.21. The van der Waals surface area contributed by atoms with Crippen LogP contribution in [0.15, 0.2) is 48.5 Å². The third-order valence-electron chi connectivity index (χ3n) is 6.17. The van der Waals surface area contributed by atoms with Crippen LogP contribution >= 0.6 is 0 Å². The Morgan fingerprint density at radius 3 is 2.55 bits per heavy atom. The molecule has 0 spiro atoms. The summed E-state index contributed by atoms with van der Waals surface area (Å²) in [4.78, 5) is 26.4. The van der Waals surface area contributed by atoms with Gasteiger partial charge in [0.25, 0.3) is 0 Å². The van der Waals surface area contributed by atoms with Crippen molar-refractivity contribution in [1.29, 1.82) is 5.26 Å². The Morgan fingerprint density at radius 2 is 1.87 bits per heavy atom. The highest BCUT2D eigenvalue weighted by Crippen LogP contribution is 2.30. The molecule has 2 atom stereocenters. The molecule has 0 unspecified atom stereocenters. The predicted molar refractivity (Wildman–Crippen MR) is 120 cm³/mol. The summed E-state index contributed by atoms with van der Waals surface area (Å²) in [7, 11) is 0. The van der Waals surface area contributed by atoms with E-state index < -0.39 is 5.97 Å². The van der Waals surface area contributed by atoms with E-state index in [1.54, 1.807) is 6.07 Å². The zero-order chi connectivity index (χ0) is 22.2. The van der Waals surface area contributed by atoms with Gasteiger partial charge in [0.1, 0.15) is 0 Å². The summed E-state index contributed by atoms with van der Waals surface area (Å²) >= 11 is 0. The lowest BCUT2D eigenvalue weighted by Crippen LogP contribution is -2.43. The van der Waals surface area contributed by atoms with Crippen molar-refractivity contribution in [1.82, 2.24) is 4.90 Å². The van der Waals surface area contributed by atoms with E-state index in [1.165, 1.54) is 0 Å². The van der Waals surface area contributed by atoms with Crippen molar-refractivity contribution in [3.05, 3.63) is 59.7 Å². The molecule has 5 nitrogen and oxygen atoms in total. The van der Waals surface area contributed by atoms with E-state index in [0.717, 1.165) is 42.4 Å². The Hall–Kier alpha value is -3.13. The second kappa shape index (κ2) is 10.8. The molecular formula is C26H30N2O3. The molecule has 2 aromatic carbocycles. The number of carboxylic acid groups (broad SMARTS) is 1. The number of carbonyl (C=O) groups excluding carboxylic acids is 1. The topological polar surface area (TPSA) is 81.4 Å². The van der Waals surface area contributed by atoms with Crippen LogP contribution in [0.4, 0.5) is 0 Å². The Balaban J connectivity index is 1.79. The van der Waals surface area contributed by atoms with Gasteiger partial charge in [-0.2, -0.15) is 5.26 Å². The number of hydrogen-bond acceptors (Lipinski definition) is 3. The van der Waals surface area contributed by atoms with Crippen LogP contribution in [0.2, 0.25) is 0 Å². The molecule has 0 aromatic heterocycles. The highest BCUT2D eigenvalue weighted by Gasteiger charge is 2.32. The lowest BCUT2D eigenvalue weighted by atomic mass is 9.84. The molecule has 0 saturated heterocycles. The molecule has 0 aliphatic heterocycles. The van der Waals surface area contributed by atoms with E-state index in [9.17, 15) is 20.0 Å². The number of aliphatic carboxylic acids is 1. The Kier molecular flexibility index (Phi) is 7.83. The van der Waals surface area contributed by atoms with Gasteiger partial charge in [-0.1, -0.05) is 62.2 Å². The largest absolute Gasteiger partial charge is 0.481 e. The van der Waals surface area contributed by atoms with Crippen LogP contribution in [0.25, 0.3) is 11.1 Å². The summed E-state index contributed by atoms with van der Waals surface area (Å²) in [5.41, 5.74) is 3.51. The summed E-state index contributed by atoms with van der Waals surface area (Å²) < 4.78 is 0. The summed E-state index contributed by atoms with van der Waals surface area (Å²) in [5.74, 6) is -1.02. The minimum Gasteiger partial charge on any atom is -0.481 e. The molecule has 1 saturated carbocycles. The van der Waals surface area contributed by atoms with Crippen LogP contribution in [-0.4, -0.2) is 27.9 Å². The van der Waals surface area contributed by atoms with Gasteiger partial charge < -0.3 is 10.0 Å². The molecule has 1 N–H and O–H groups in total. The number of hydrogen-bond donors (Lipinski definition) is 1. The van der Waals surface area contributed by atoms with Gasteiger partial charge in [-0.15, -0.1) is 0 Å². The Morgan fingerprint density at radius 1 is 1.13 bits per heavy atom. The molecule has 2 aromatic rings. The SMILES string of the molecule is CCCCC(=O)N(Cc1ccc(-c2ccccc2C#N)cc1)[C@@H]1CCC[C@@H](C(=O)O)C1. The van der Waals surface area contributed by atoms with Crippen LogP contribution in [0, 0.1) is 17.2 Å². The van der Waals surface area contributed by atoms with E-state index >= 15 is 0 Å². The number of benzene rings is 2. The van der Waals surface area contributed by atoms with Crippen LogP contribution in [0.3, 0.4) is 0 Å².